The second-order valence-corrected chi connectivity index (χ2v) is 8.27. The fourth-order valence-corrected chi connectivity index (χ4v) is 4.13. The molecule has 0 aliphatic carbocycles. The van der Waals surface area contributed by atoms with E-state index in [1.807, 2.05) is 24.5 Å². The molecular formula is C26H25N7. The van der Waals surface area contributed by atoms with E-state index in [4.69, 9.17) is 4.98 Å². The zero-order chi connectivity index (χ0) is 22.8. The van der Waals surface area contributed by atoms with E-state index in [0.29, 0.717) is 11.5 Å². The van der Waals surface area contributed by atoms with Crippen LogP contribution < -0.4 is 5.32 Å². The number of imidazole rings is 1. The summed E-state index contributed by atoms with van der Waals surface area (Å²) >= 11 is 0. The molecule has 164 valence electrons. The van der Waals surface area contributed by atoms with Gasteiger partial charge in [-0.25, -0.2) is 9.97 Å². The Morgan fingerprint density at radius 1 is 1.21 bits per heavy atom. The van der Waals surface area contributed by atoms with E-state index in [9.17, 15) is 5.26 Å². The molecule has 7 heteroatoms. The van der Waals surface area contributed by atoms with Gasteiger partial charge < -0.3 is 10.3 Å². The molecule has 7 nitrogen and oxygen atoms in total. The maximum absolute atomic E-state index is 9.29. The summed E-state index contributed by atoms with van der Waals surface area (Å²) < 4.78 is 2.11. The van der Waals surface area contributed by atoms with Crippen molar-refractivity contribution >= 4 is 22.4 Å². The number of aromatic nitrogens is 5. The SMILES string of the molecule is CCC(C)c1cnc2c(NCCc3c[nH]c4ccccc34)nc(-c3cncc(C#N)c3)cn12. The minimum absolute atomic E-state index is 0.359. The number of H-pyrrole nitrogens is 1. The normalized spacial score (nSPS) is 12.2. The smallest absolute Gasteiger partial charge is 0.180 e. The molecule has 1 atom stereocenters. The molecule has 4 aromatic heterocycles. The highest BCUT2D eigenvalue weighted by atomic mass is 15.1. The number of nitriles is 1. The van der Waals surface area contributed by atoms with Crippen LogP contribution in [0, 0.1) is 11.3 Å². The van der Waals surface area contributed by atoms with Crippen LogP contribution in [0.15, 0.2) is 61.3 Å². The number of para-hydroxylation sites is 1. The predicted molar refractivity (Wildman–Crippen MR) is 130 cm³/mol. The van der Waals surface area contributed by atoms with Gasteiger partial charge in [0.25, 0.3) is 0 Å². The van der Waals surface area contributed by atoms with Crippen molar-refractivity contribution in [3.05, 3.63) is 78.1 Å². The van der Waals surface area contributed by atoms with Gasteiger partial charge in [-0.15, -0.1) is 0 Å². The van der Waals surface area contributed by atoms with Gasteiger partial charge in [0.2, 0.25) is 0 Å². The Balaban J connectivity index is 1.51. The summed E-state index contributed by atoms with van der Waals surface area (Å²) in [6.45, 7) is 5.09. The summed E-state index contributed by atoms with van der Waals surface area (Å²) in [5, 5.41) is 14.0. The molecule has 0 spiro atoms. The minimum Gasteiger partial charge on any atom is -0.367 e. The van der Waals surface area contributed by atoms with Crippen LogP contribution >= 0.6 is 0 Å². The van der Waals surface area contributed by atoms with E-state index in [2.05, 4.69) is 69.0 Å². The Kier molecular flexibility index (Phi) is 5.49. The van der Waals surface area contributed by atoms with E-state index >= 15 is 0 Å². The summed E-state index contributed by atoms with van der Waals surface area (Å²) in [7, 11) is 0. The standard InChI is InChI=1S/C26H25N7/c1-3-17(2)24-15-31-26-25(29-9-8-19-14-30-22-7-5-4-6-21(19)22)32-23(16-33(24)26)20-10-18(11-27)12-28-13-20/h4-7,10,12-17,30H,3,8-9H2,1-2H3,(H,29,32). The average molecular weight is 436 g/mol. The number of rotatable bonds is 7. The maximum atomic E-state index is 9.29. The van der Waals surface area contributed by atoms with Gasteiger partial charge in [0.15, 0.2) is 11.5 Å². The summed E-state index contributed by atoms with van der Waals surface area (Å²) in [5.74, 6) is 1.09. The van der Waals surface area contributed by atoms with Crippen molar-refractivity contribution in [2.75, 3.05) is 11.9 Å². The molecule has 33 heavy (non-hydrogen) atoms. The summed E-state index contributed by atoms with van der Waals surface area (Å²) in [5.41, 5.74) is 6.42. The first kappa shape index (κ1) is 20.7. The Morgan fingerprint density at radius 3 is 2.94 bits per heavy atom. The number of hydrogen-bond acceptors (Lipinski definition) is 5. The first-order chi connectivity index (χ1) is 16.2. The second-order valence-electron chi connectivity index (χ2n) is 8.27. The van der Waals surface area contributed by atoms with Gasteiger partial charge in [-0.2, -0.15) is 5.26 Å². The van der Waals surface area contributed by atoms with E-state index in [0.717, 1.165) is 53.3 Å². The van der Waals surface area contributed by atoms with Gasteiger partial charge in [0.05, 0.1) is 11.3 Å². The number of hydrogen-bond donors (Lipinski definition) is 2. The number of anilines is 1. The highest BCUT2D eigenvalue weighted by molar-refractivity contribution is 5.83. The molecule has 2 N–H and O–H groups in total. The van der Waals surface area contributed by atoms with Gasteiger partial charge in [-0.05, 0) is 36.5 Å². The molecule has 1 unspecified atom stereocenters. The number of fused-ring (bicyclic) bond motifs is 2. The third kappa shape index (κ3) is 3.92. The second kappa shape index (κ2) is 8.75. The largest absolute Gasteiger partial charge is 0.367 e. The fraction of sp³-hybridized carbons (Fsp3) is 0.231. The van der Waals surface area contributed by atoms with E-state index in [-0.39, 0.29) is 0 Å². The molecule has 0 bridgehead atoms. The van der Waals surface area contributed by atoms with Crippen molar-refractivity contribution in [1.82, 2.24) is 24.3 Å². The lowest BCUT2D eigenvalue weighted by atomic mass is 10.1. The van der Waals surface area contributed by atoms with Crippen LogP contribution in [0.3, 0.4) is 0 Å². The molecule has 4 heterocycles. The monoisotopic (exact) mass is 435 g/mol. The zero-order valence-electron chi connectivity index (χ0n) is 18.7. The van der Waals surface area contributed by atoms with Gasteiger partial charge in [-0.3, -0.25) is 9.38 Å². The Hall–Kier alpha value is -4.18. The number of pyridine rings is 1. The molecule has 0 aliphatic rings. The average Bonchev–Trinajstić information content (AvgIpc) is 3.48. The van der Waals surface area contributed by atoms with Crippen molar-refractivity contribution < 1.29 is 0 Å². The van der Waals surface area contributed by atoms with Crippen LogP contribution in [-0.4, -0.2) is 30.9 Å². The number of nitrogens with zero attached hydrogens (tertiary/aromatic N) is 5. The number of benzene rings is 1. The van der Waals surface area contributed by atoms with Gasteiger partial charge >= 0.3 is 0 Å². The lowest BCUT2D eigenvalue weighted by Gasteiger charge is -2.13. The van der Waals surface area contributed by atoms with Crippen molar-refractivity contribution in [3.63, 3.8) is 0 Å². The quantitative estimate of drug-likeness (QED) is 0.361. The minimum atomic E-state index is 0.359. The van der Waals surface area contributed by atoms with Crippen LogP contribution in [0.2, 0.25) is 0 Å². The van der Waals surface area contributed by atoms with Crippen molar-refractivity contribution in [2.45, 2.75) is 32.6 Å². The molecule has 0 saturated heterocycles. The van der Waals surface area contributed by atoms with E-state index in [1.165, 1.54) is 10.9 Å². The van der Waals surface area contributed by atoms with Crippen LogP contribution in [0.4, 0.5) is 5.82 Å². The third-order valence-electron chi connectivity index (χ3n) is 6.16. The summed E-state index contributed by atoms with van der Waals surface area (Å²) in [6.07, 6.45) is 11.2. The molecular weight excluding hydrogens is 410 g/mol. The van der Waals surface area contributed by atoms with Crippen LogP contribution in [0.25, 0.3) is 27.8 Å². The molecule has 0 fully saturated rings. The van der Waals surface area contributed by atoms with Crippen LogP contribution in [0.5, 0.6) is 0 Å². The first-order valence-corrected chi connectivity index (χ1v) is 11.2. The van der Waals surface area contributed by atoms with E-state index in [1.54, 1.807) is 12.4 Å². The predicted octanol–water partition coefficient (Wildman–Crippen LogP) is 5.31. The van der Waals surface area contributed by atoms with Crippen molar-refractivity contribution in [3.8, 4) is 17.3 Å². The van der Waals surface area contributed by atoms with Gasteiger partial charge in [-0.1, -0.05) is 32.0 Å². The molecule has 0 aliphatic heterocycles. The summed E-state index contributed by atoms with van der Waals surface area (Å²) in [6, 6.07) is 12.3. The first-order valence-electron chi connectivity index (χ1n) is 11.2. The number of nitrogens with one attached hydrogen (secondary N) is 2. The summed E-state index contributed by atoms with van der Waals surface area (Å²) in [4.78, 5) is 17.1. The highest BCUT2D eigenvalue weighted by Crippen LogP contribution is 2.27. The molecule has 0 saturated carbocycles. The Bertz CT molecular complexity index is 1470. The van der Waals surface area contributed by atoms with Gasteiger partial charge in [0, 0.05) is 59.7 Å². The Labute approximate surface area is 192 Å². The molecule has 1 aromatic carbocycles. The molecule has 5 aromatic rings. The molecule has 0 amide bonds. The molecule has 0 radical (unpaired) electrons. The van der Waals surface area contributed by atoms with E-state index < -0.39 is 0 Å². The van der Waals surface area contributed by atoms with Crippen molar-refractivity contribution in [1.29, 1.82) is 5.26 Å². The fourth-order valence-electron chi connectivity index (χ4n) is 4.13. The zero-order valence-corrected chi connectivity index (χ0v) is 18.7. The van der Waals surface area contributed by atoms with Crippen LogP contribution in [0.1, 0.15) is 43.0 Å². The molecule has 5 rings (SSSR count). The maximum Gasteiger partial charge on any atom is 0.180 e. The Morgan fingerprint density at radius 2 is 2.09 bits per heavy atom. The van der Waals surface area contributed by atoms with Crippen molar-refractivity contribution in [2.24, 2.45) is 0 Å². The highest BCUT2D eigenvalue weighted by Gasteiger charge is 2.16. The topological polar surface area (TPSA) is 94.7 Å². The van der Waals surface area contributed by atoms with Crippen LogP contribution in [-0.2, 0) is 6.42 Å². The lowest BCUT2D eigenvalue weighted by molar-refractivity contribution is 0.700. The van der Waals surface area contributed by atoms with Gasteiger partial charge in [0.1, 0.15) is 6.07 Å². The number of aromatic amines is 1. The third-order valence-corrected chi connectivity index (χ3v) is 6.16. The lowest BCUT2D eigenvalue weighted by Crippen LogP contribution is -2.09.